The van der Waals surface area contributed by atoms with Gasteiger partial charge >= 0.3 is 0 Å². The van der Waals surface area contributed by atoms with Crippen LogP contribution in [-0.2, 0) is 0 Å². The summed E-state index contributed by atoms with van der Waals surface area (Å²) in [5.41, 5.74) is 0.906. The molecule has 0 aliphatic heterocycles. The molecule has 0 fully saturated rings. The molecule has 1 rings (SSSR count). The normalized spacial score (nSPS) is 12.1. The first-order valence-electron chi connectivity index (χ1n) is 5.77. The van der Waals surface area contributed by atoms with Gasteiger partial charge in [0.25, 0.3) is 0 Å². The van der Waals surface area contributed by atoms with Crippen molar-refractivity contribution in [3.05, 3.63) is 34.6 Å². The number of terminal acetylenes is 1. The number of hydrogen-bond donors (Lipinski definition) is 1. The molecule has 0 amide bonds. The largest absolute Gasteiger partial charge is 0.310 e. The number of unbranched alkanes of at least 4 members (excludes halogenated alkanes) is 2. The van der Waals surface area contributed by atoms with Gasteiger partial charge in [0.2, 0.25) is 0 Å². The molecule has 1 aromatic rings. The Morgan fingerprint density at radius 3 is 2.88 bits per heavy atom. The molecule has 1 nitrogen and oxygen atoms in total. The topological polar surface area (TPSA) is 12.0 Å². The first-order chi connectivity index (χ1) is 8.15. The van der Waals surface area contributed by atoms with Crippen LogP contribution < -0.4 is 5.32 Å². The molecule has 0 radical (unpaired) electrons. The molecule has 0 bridgehead atoms. The van der Waals surface area contributed by atoms with E-state index in [2.05, 4.69) is 11.2 Å². The van der Waals surface area contributed by atoms with E-state index in [-0.39, 0.29) is 16.9 Å². The van der Waals surface area contributed by atoms with Gasteiger partial charge in [-0.25, -0.2) is 4.39 Å². The maximum Gasteiger partial charge on any atom is 0.142 e. The Labute approximate surface area is 107 Å². The highest BCUT2D eigenvalue weighted by Gasteiger charge is 2.07. The van der Waals surface area contributed by atoms with Crippen LogP contribution in [0.15, 0.2) is 18.2 Å². The predicted molar refractivity (Wildman–Crippen MR) is 70.5 cm³/mol. The Balaban J connectivity index is 2.39. The summed E-state index contributed by atoms with van der Waals surface area (Å²) in [7, 11) is 0. The summed E-state index contributed by atoms with van der Waals surface area (Å²) in [4.78, 5) is 0. The third-order valence-corrected chi connectivity index (χ3v) is 2.95. The van der Waals surface area contributed by atoms with Crippen molar-refractivity contribution in [1.29, 1.82) is 0 Å². The molecule has 1 unspecified atom stereocenters. The van der Waals surface area contributed by atoms with Gasteiger partial charge in [-0.2, -0.15) is 0 Å². The average molecular weight is 254 g/mol. The second-order valence-electron chi connectivity index (χ2n) is 4.01. The van der Waals surface area contributed by atoms with E-state index in [0.717, 1.165) is 31.4 Å². The van der Waals surface area contributed by atoms with Crippen molar-refractivity contribution >= 4 is 11.6 Å². The van der Waals surface area contributed by atoms with Crippen LogP contribution in [0.5, 0.6) is 0 Å². The molecule has 0 aliphatic carbocycles. The predicted octanol–water partition coefficient (Wildman–Crippen LogP) is 3.93. The monoisotopic (exact) mass is 253 g/mol. The Morgan fingerprint density at radius 2 is 2.24 bits per heavy atom. The molecular formula is C14H17ClFN. The van der Waals surface area contributed by atoms with Gasteiger partial charge in [0.1, 0.15) is 5.82 Å². The van der Waals surface area contributed by atoms with Crippen LogP contribution >= 0.6 is 11.6 Å². The summed E-state index contributed by atoms with van der Waals surface area (Å²) in [6.07, 6.45) is 8.03. The fraction of sp³-hybridized carbons (Fsp3) is 0.429. The molecule has 3 heteroatoms. The number of rotatable bonds is 6. The van der Waals surface area contributed by atoms with Crippen LogP contribution in [0.1, 0.15) is 37.8 Å². The van der Waals surface area contributed by atoms with Gasteiger partial charge in [-0.3, -0.25) is 0 Å². The Bertz CT molecular complexity index is 398. The summed E-state index contributed by atoms with van der Waals surface area (Å²) in [5, 5.41) is 3.49. The highest BCUT2D eigenvalue weighted by Crippen LogP contribution is 2.19. The number of hydrogen-bond acceptors (Lipinski definition) is 1. The fourth-order valence-electron chi connectivity index (χ4n) is 1.57. The number of nitrogens with one attached hydrogen (secondary N) is 1. The van der Waals surface area contributed by atoms with E-state index < -0.39 is 0 Å². The average Bonchev–Trinajstić information content (AvgIpc) is 2.32. The van der Waals surface area contributed by atoms with E-state index >= 15 is 0 Å². The SMILES string of the molecule is C#CCCCCNC(C)c1ccc(Cl)c(F)c1. The van der Waals surface area contributed by atoms with Crippen molar-refractivity contribution in [2.45, 2.75) is 32.2 Å². The third-order valence-electron chi connectivity index (χ3n) is 2.64. The summed E-state index contributed by atoms with van der Waals surface area (Å²) >= 11 is 5.63. The minimum atomic E-state index is -0.370. The van der Waals surface area contributed by atoms with Crippen molar-refractivity contribution in [2.75, 3.05) is 6.54 Å². The van der Waals surface area contributed by atoms with Crippen molar-refractivity contribution in [3.8, 4) is 12.3 Å². The van der Waals surface area contributed by atoms with E-state index in [0.29, 0.717) is 0 Å². The van der Waals surface area contributed by atoms with Crippen molar-refractivity contribution in [3.63, 3.8) is 0 Å². The maximum absolute atomic E-state index is 13.2. The standard InChI is InChI=1S/C14H17ClFN/c1-3-4-5-6-9-17-11(2)12-7-8-13(15)14(16)10-12/h1,7-8,10-11,17H,4-6,9H2,2H3. The zero-order valence-corrected chi connectivity index (χ0v) is 10.7. The van der Waals surface area contributed by atoms with Crippen LogP contribution in [0.25, 0.3) is 0 Å². The Hall–Kier alpha value is -1.04. The van der Waals surface area contributed by atoms with Gasteiger partial charge in [0, 0.05) is 12.5 Å². The van der Waals surface area contributed by atoms with E-state index in [1.165, 1.54) is 6.07 Å². The summed E-state index contributed by atoms with van der Waals surface area (Å²) in [6.45, 7) is 2.89. The van der Waals surface area contributed by atoms with E-state index in [1.807, 2.05) is 13.0 Å². The summed E-state index contributed by atoms with van der Waals surface area (Å²) in [6, 6.07) is 5.02. The van der Waals surface area contributed by atoms with Gasteiger partial charge in [0.15, 0.2) is 0 Å². The molecule has 92 valence electrons. The van der Waals surface area contributed by atoms with Crippen molar-refractivity contribution in [2.24, 2.45) is 0 Å². The molecule has 1 atom stereocenters. The quantitative estimate of drug-likeness (QED) is 0.598. The summed E-state index contributed by atoms with van der Waals surface area (Å²) < 4.78 is 13.2. The third kappa shape index (κ3) is 4.77. The van der Waals surface area contributed by atoms with Crippen LogP contribution in [0.2, 0.25) is 5.02 Å². The lowest BCUT2D eigenvalue weighted by atomic mass is 10.1. The molecule has 0 saturated carbocycles. The molecule has 0 saturated heterocycles. The lowest BCUT2D eigenvalue weighted by Crippen LogP contribution is -2.19. The molecule has 1 aromatic carbocycles. The van der Waals surface area contributed by atoms with Crippen LogP contribution in [0, 0.1) is 18.2 Å². The second-order valence-corrected chi connectivity index (χ2v) is 4.42. The first-order valence-corrected chi connectivity index (χ1v) is 6.14. The lowest BCUT2D eigenvalue weighted by molar-refractivity contribution is 0.544. The highest BCUT2D eigenvalue weighted by atomic mass is 35.5. The molecular weight excluding hydrogens is 237 g/mol. The molecule has 0 aromatic heterocycles. The van der Waals surface area contributed by atoms with E-state index in [1.54, 1.807) is 6.07 Å². The zero-order valence-electron chi connectivity index (χ0n) is 9.97. The van der Waals surface area contributed by atoms with Gasteiger partial charge in [0.05, 0.1) is 5.02 Å². The second kappa shape index (κ2) is 7.32. The Morgan fingerprint density at radius 1 is 1.47 bits per heavy atom. The molecule has 0 spiro atoms. The van der Waals surface area contributed by atoms with Gasteiger partial charge < -0.3 is 5.32 Å². The van der Waals surface area contributed by atoms with Crippen LogP contribution in [0.3, 0.4) is 0 Å². The molecule has 1 N–H and O–H groups in total. The van der Waals surface area contributed by atoms with Gasteiger partial charge in [-0.15, -0.1) is 12.3 Å². The van der Waals surface area contributed by atoms with Crippen LogP contribution in [-0.4, -0.2) is 6.54 Å². The van der Waals surface area contributed by atoms with Gasteiger partial charge in [-0.05, 0) is 44.0 Å². The Kier molecular flexibility index (Phi) is 6.04. The number of benzene rings is 1. The maximum atomic E-state index is 13.2. The van der Waals surface area contributed by atoms with Crippen LogP contribution in [0.4, 0.5) is 4.39 Å². The van der Waals surface area contributed by atoms with Crippen molar-refractivity contribution < 1.29 is 4.39 Å². The summed E-state index contributed by atoms with van der Waals surface area (Å²) in [5.74, 6) is 2.24. The fourth-order valence-corrected chi connectivity index (χ4v) is 1.69. The smallest absolute Gasteiger partial charge is 0.142 e. The van der Waals surface area contributed by atoms with Crippen molar-refractivity contribution in [1.82, 2.24) is 5.32 Å². The van der Waals surface area contributed by atoms with Gasteiger partial charge in [-0.1, -0.05) is 17.7 Å². The lowest BCUT2D eigenvalue weighted by Gasteiger charge is -2.14. The molecule has 0 heterocycles. The minimum absolute atomic E-state index is 0.118. The zero-order chi connectivity index (χ0) is 12.7. The minimum Gasteiger partial charge on any atom is -0.310 e. The first kappa shape index (κ1) is 14.0. The molecule has 17 heavy (non-hydrogen) atoms. The van der Waals surface area contributed by atoms with E-state index in [9.17, 15) is 4.39 Å². The molecule has 0 aliphatic rings. The number of halogens is 2. The van der Waals surface area contributed by atoms with E-state index in [4.69, 9.17) is 18.0 Å². The highest BCUT2D eigenvalue weighted by molar-refractivity contribution is 6.30.